The molecule has 0 aromatic heterocycles. The number of carbonyl (C=O) groups excluding carboxylic acids is 1. The van der Waals surface area contributed by atoms with Crippen LogP contribution in [0.3, 0.4) is 0 Å². The highest BCUT2D eigenvalue weighted by molar-refractivity contribution is 7.92. The van der Waals surface area contributed by atoms with Crippen molar-refractivity contribution in [2.75, 3.05) is 4.72 Å². The van der Waals surface area contributed by atoms with Crippen molar-refractivity contribution in [2.45, 2.75) is 56.4 Å². The fraction of sp³-hybridized carbons (Fsp3) is 0.290. The molecule has 0 radical (unpaired) electrons. The van der Waals surface area contributed by atoms with E-state index in [9.17, 15) is 18.3 Å². The van der Waals surface area contributed by atoms with Crippen LogP contribution in [0.15, 0.2) is 95.1 Å². The van der Waals surface area contributed by atoms with E-state index in [1.807, 2.05) is 63.2 Å². The van der Waals surface area contributed by atoms with Gasteiger partial charge in [-0.25, -0.2) is 13.2 Å². The average molecular weight is 545 g/mol. The van der Waals surface area contributed by atoms with Gasteiger partial charge in [0, 0.05) is 18.0 Å². The molecular formula is C31H32N2O5S. The van der Waals surface area contributed by atoms with Crippen LogP contribution < -0.4 is 4.72 Å². The van der Waals surface area contributed by atoms with E-state index < -0.39 is 27.5 Å². The quantitative estimate of drug-likeness (QED) is 0.292. The summed E-state index contributed by atoms with van der Waals surface area (Å²) in [5.74, 6) is -1.24. The number of benzene rings is 3. The Morgan fingerprint density at radius 3 is 2.33 bits per heavy atom. The molecule has 1 aliphatic rings. The van der Waals surface area contributed by atoms with Crippen molar-refractivity contribution in [3.63, 3.8) is 0 Å². The first kappa shape index (κ1) is 27.9. The molecule has 0 spiro atoms. The molecular weight excluding hydrogens is 512 g/mol. The average Bonchev–Trinajstić information content (AvgIpc) is 3.13. The van der Waals surface area contributed by atoms with Crippen molar-refractivity contribution in [1.82, 2.24) is 0 Å². The normalized spacial score (nSPS) is 18.1. The van der Waals surface area contributed by atoms with Gasteiger partial charge in [0.25, 0.3) is 10.0 Å². The predicted octanol–water partition coefficient (Wildman–Crippen LogP) is 6.25. The molecule has 2 N–H and O–H groups in total. The van der Waals surface area contributed by atoms with Crippen molar-refractivity contribution in [1.29, 1.82) is 5.26 Å². The minimum Gasteiger partial charge on any atom is -0.507 e. The van der Waals surface area contributed by atoms with Crippen LogP contribution in [0.1, 0.15) is 56.2 Å². The van der Waals surface area contributed by atoms with Gasteiger partial charge >= 0.3 is 5.97 Å². The van der Waals surface area contributed by atoms with Crippen molar-refractivity contribution in [3.05, 3.63) is 107 Å². The van der Waals surface area contributed by atoms with E-state index >= 15 is 0 Å². The molecule has 0 bridgehead atoms. The molecule has 8 heteroatoms. The number of carbonyl (C=O) groups is 1. The van der Waals surface area contributed by atoms with Crippen LogP contribution in [0, 0.1) is 17.2 Å². The van der Waals surface area contributed by atoms with E-state index in [1.165, 1.54) is 24.3 Å². The predicted molar refractivity (Wildman–Crippen MR) is 150 cm³/mol. The Morgan fingerprint density at radius 2 is 1.72 bits per heavy atom. The Balaban J connectivity index is 1.70. The van der Waals surface area contributed by atoms with Crippen LogP contribution in [0.5, 0.6) is 0 Å². The molecule has 0 aliphatic carbocycles. The van der Waals surface area contributed by atoms with Crippen LogP contribution in [-0.2, 0) is 26.0 Å². The summed E-state index contributed by atoms with van der Waals surface area (Å²) in [6.07, 6.45) is 1.53. The van der Waals surface area contributed by atoms with Gasteiger partial charge in [-0.05, 0) is 59.9 Å². The standard InChI is InChI=1S/C31H32N2O5S/c1-4-17-31(19-22-9-6-5-7-10-22)29(34)28(30(35)38-31)27(21(2)3)24-11-8-12-25(18-24)33-39(36,37)26-15-13-23(20-32)14-16-26/h5-16,18,21,27,33-34H,4,17,19H2,1-3H3. The number of anilines is 1. The molecule has 2 atom stereocenters. The summed E-state index contributed by atoms with van der Waals surface area (Å²) in [6.45, 7) is 5.88. The van der Waals surface area contributed by atoms with E-state index in [4.69, 9.17) is 10.00 Å². The van der Waals surface area contributed by atoms with Crippen LogP contribution in [0.25, 0.3) is 0 Å². The Kier molecular flexibility index (Phi) is 8.12. The number of hydrogen-bond acceptors (Lipinski definition) is 6. The lowest BCUT2D eigenvalue weighted by atomic mass is 9.79. The second-order valence-corrected chi connectivity index (χ2v) is 11.8. The molecule has 2 unspecified atom stereocenters. The molecule has 202 valence electrons. The number of ether oxygens (including phenoxy) is 1. The van der Waals surface area contributed by atoms with Gasteiger partial charge in [-0.2, -0.15) is 5.26 Å². The first-order chi connectivity index (χ1) is 18.6. The maximum absolute atomic E-state index is 13.4. The van der Waals surface area contributed by atoms with Gasteiger partial charge in [-0.15, -0.1) is 0 Å². The Bertz CT molecular complexity index is 1520. The van der Waals surface area contributed by atoms with Crippen LogP contribution in [0.4, 0.5) is 5.69 Å². The lowest BCUT2D eigenvalue weighted by molar-refractivity contribution is -0.149. The van der Waals surface area contributed by atoms with Gasteiger partial charge in [-0.1, -0.05) is 69.7 Å². The fourth-order valence-corrected chi connectivity index (χ4v) is 6.26. The molecule has 3 aromatic rings. The summed E-state index contributed by atoms with van der Waals surface area (Å²) in [6, 6.07) is 24.1. The maximum atomic E-state index is 13.4. The fourth-order valence-electron chi connectivity index (χ4n) is 5.21. The first-order valence-corrected chi connectivity index (χ1v) is 14.4. The second-order valence-electron chi connectivity index (χ2n) is 10.1. The number of nitrogens with zero attached hydrogens (tertiary/aromatic N) is 1. The van der Waals surface area contributed by atoms with E-state index in [-0.39, 0.29) is 22.1 Å². The van der Waals surface area contributed by atoms with Gasteiger partial charge in [-0.3, -0.25) is 4.72 Å². The molecule has 1 aliphatic heterocycles. The van der Waals surface area contributed by atoms with Gasteiger partial charge < -0.3 is 9.84 Å². The van der Waals surface area contributed by atoms with Gasteiger partial charge in [0.15, 0.2) is 5.60 Å². The van der Waals surface area contributed by atoms with E-state index in [1.54, 1.807) is 18.2 Å². The summed E-state index contributed by atoms with van der Waals surface area (Å²) in [4.78, 5) is 13.4. The SMILES string of the molecule is CCCC1(Cc2ccccc2)OC(=O)C(C(c2cccc(NS(=O)(=O)c3ccc(C#N)cc3)c2)C(C)C)=C1O. The molecule has 0 fully saturated rings. The Labute approximate surface area is 229 Å². The molecule has 39 heavy (non-hydrogen) atoms. The van der Waals surface area contributed by atoms with Crippen LogP contribution >= 0.6 is 0 Å². The zero-order chi connectivity index (χ0) is 28.2. The number of nitrogens with one attached hydrogen (secondary N) is 1. The molecule has 4 rings (SSSR count). The maximum Gasteiger partial charge on any atom is 0.339 e. The molecule has 0 saturated carbocycles. The van der Waals surface area contributed by atoms with E-state index in [0.29, 0.717) is 36.1 Å². The number of cyclic esters (lactones) is 1. The molecule has 0 amide bonds. The number of hydrogen-bond donors (Lipinski definition) is 2. The smallest absolute Gasteiger partial charge is 0.339 e. The number of aliphatic hydroxyl groups is 1. The third-order valence-electron chi connectivity index (χ3n) is 6.95. The third kappa shape index (κ3) is 5.84. The van der Waals surface area contributed by atoms with Crippen molar-refractivity contribution < 1.29 is 23.1 Å². The summed E-state index contributed by atoms with van der Waals surface area (Å²) >= 11 is 0. The number of rotatable bonds is 10. The number of aliphatic hydroxyl groups excluding tert-OH is 1. The highest BCUT2D eigenvalue weighted by Gasteiger charge is 2.50. The first-order valence-electron chi connectivity index (χ1n) is 12.9. The zero-order valence-corrected chi connectivity index (χ0v) is 23.0. The zero-order valence-electron chi connectivity index (χ0n) is 22.2. The van der Waals surface area contributed by atoms with Gasteiger partial charge in [0.05, 0.1) is 22.1 Å². The topological polar surface area (TPSA) is 116 Å². The largest absolute Gasteiger partial charge is 0.507 e. The number of sulfonamides is 1. The molecule has 3 aromatic carbocycles. The summed E-state index contributed by atoms with van der Waals surface area (Å²) in [5, 5.41) is 20.6. The highest BCUT2D eigenvalue weighted by Crippen LogP contribution is 2.45. The Hall–Kier alpha value is -4.09. The minimum absolute atomic E-state index is 0.0253. The van der Waals surface area contributed by atoms with E-state index in [2.05, 4.69) is 4.72 Å². The number of nitriles is 1. The monoisotopic (exact) mass is 544 g/mol. The second kappa shape index (κ2) is 11.3. The van der Waals surface area contributed by atoms with Crippen molar-refractivity contribution in [3.8, 4) is 6.07 Å². The molecule has 7 nitrogen and oxygen atoms in total. The third-order valence-corrected chi connectivity index (χ3v) is 8.35. The highest BCUT2D eigenvalue weighted by atomic mass is 32.2. The van der Waals surface area contributed by atoms with Crippen LogP contribution in [-0.4, -0.2) is 25.1 Å². The lowest BCUT2D eigenvalue weighted by Gasteiger charge is -2.28. The van der Waals surface area contributed by atoms with Gasteiger partial charge in [0.1, 0.15) is 5.76 Å². The summed E-state index contributed by atoms with van der Waals surface area (Å²) in [5.41, 5.74) is 1.37. The minimum atomic E-state index is -3.91. The van der Waals surface area contributed by atoms with Gasteiger partial charge in [0.2, 0.25) is 0 Å². The van der Waals surface area contributed by atoms with Crippen molar-refractivity contribution >= 4 is 21.7 Å². The number of esters is 1. The van der Waals surface area contributed by atoms with Crippen molar-refractivity contribution in [2.24, 2.45) is 5.92 Å². The lowest BCUT2D eigenvalue weighted by Crippen LogP contribution is -2.34. The Morgan fingerprint density at radius 1 is 1.03 bits per heavy atom. The van der Waals surface area contributed by atoms with E-state index in [0.717, 1.165) is 5.56 Å². The summed E-state index contributed by atoms with van der Waals surface area (Å²) < 4.78 is 34.5. The summed E-state index contributed by atoms with van der Waals surface area (Å²) in [7, 11) is -3.91. The van der Waals surface area contributed by atoms with Crippen LogP contribution in [0.2, 0.25) is 0 Å². The molecule has 0 saturated heterocycles. The molecule has 1 heterocycles.